The zero-order valence-electron chi connectivity index (χ0n) is 12.6. The van der Waals surface area contributed by atoms with Crippen molar-refractivity contribution in [3.8, 4) is 9.88 Å². The molecular weight excluding hydrogens is 352 g/mol. The Labute approximate surface area is 137 Å². The predicted octanol–water partition coefficient (Wildman–Crippen LogP) is 5.65. The van der Waals surface area contributed by atoms with Gasteiger partial charge in [-0.1, -0.05) is 13.8 Å². The smallest absolute Gasteiger partial charge is 0.133 e. The molecule has 0 saturated heterocycles. The summed E-state index contributed by atoms with van der Waals surface area (Å²) in [5, 5.41) is 6.81. The summed E-state index contributed by atoms with van der Waals surface area (Å²) in [6, 6.07) is 2.15. The molecule has 2 nitrogen and oxygen atoms in total. The van der Waals surface area contributed by atoms with Crippen LogP contribution in [0.2, 0.25) is 0 Å². The fraction of sp³-hybridized carbons (Fsp3) is 0.533. The van der Waals surface area contributed by atoms with Crippen LogP contribution < -0.4 is 5.32 Å². The molecule has 110 valence electrons. The Bertz CT molecular complexity index is 579. The zero-order chi connectivity index (χ0) is 14.9. The van der Waals surface area contributed by atoms with Crippen LogP contribution in [0.15, 0.2) is 15.9 Å². The summed E-state index contributed by atoms with van der Waals surface area (Å²) >= 11 is 7.07. The molecule has 0 aromatic carbocycles. The summed E-state index contributed by atoms with van der Waals surface area (Å²) < 4.78 is 1.13. The van der Waals surface area contributed by atoms with Gasteiger partial charge in [0.05, 0.1) is 10.6 Å². The van der Waals surface area contributed by atoms with Crippen molar-refractivity contribution in [1.82, 2.24) is 10.3 Å². The molecule has 0 bridgehead atoms. The molecule has 0 fully saturated rings. The number of thiazole rings is 1. The minimum Gasteiger partial charge on any atom is -0.307 e. The number of hydrogen-bond acceptors (Lipinski definition) is 4. The lowest BCUT2D eigenvalue weighted by Gasteiger charge is -2.20. The third kappa shape index (κ3) is 4.13. The van der Waals surface area contributed by atoms with Gasteiger partial charge in [0, 0.05) is 26.8 Å². The highest BCUT2D eigenvalue weighted by Gasteiger charge is 2.18. The van der Waals surface area contributed by atoms with Crippen LogP contribution in [0, 0.1) is 0 Å². The molecule has 0 amide bonds. The van der Waals surface area contributed by atoms with Crippen molar-refractivity contribution < 1.29 is 0 Å². The van der Waals surface area contributed by atoms with Gasteiger partial charge in [-0.2, -0.15) is 0 Å². The van der Waals surface area contributed by atoms with Crippen LogP contribution in [0.5, 0.6) is 0 Å². The average molecular weight is 373 g/mol. The molecule has 0 aliphatic heterocycles. The van der Waals surface area contributed by atoms with Gasteiger partial charge in [-0.25, -0.2) is 4.98 Å². The molecule has 0 aliphatic rings. The lowest BCUT2D eigenvalue weighted by molar-refractivity contribution is 0.425. The summed E-state index contributed by atoms with van der Waals surface area (Å²) in [6.45, 7) is 11.9. The van der Waals surface area contributed by atoms with Crippen molar-refractivity contribution in [2.24, 2.45) is 0 Å². The molecule has 1 N–H and O–H groups in total. The molecular formula is C15H21BrN2S2. The molecule has 0 unspecified atom stereocenters. The minimum absolute atomic E-state index is 0.129. The normalized spacial score (nSPS) is 12.3. The van der Waals surface area contributed by atoms with E-state index < -0.39 is 0 Å². The van der Waals surface area contributed by atoms with Gasteiger partial charge in [-0.05, 0) is 48.7 Å². The number of halogens is 1. The second-order valence-electron chi connectivity index (χ2n) is 6.21. The van der Waals surface area contributed by atoms with E-state index in [1.165, 1.54) is 15.4 Å². The molecule has 0 spiro atoms. The van der Waals surface area contributed by atoms with Crippen LogP contribution in [-0.4, -0.2) is 10.5 Å². The Balaban J connectivity index is 2.28. The van der Waals surface area contributed by atoms with E-state index in [2.05, 4.69) is 67.3 Å². The SMILES string of the molecule is CC(C)c1nc(-c2cc(Br)cs2)sc1CNC(C)(C)C. The van der Waals surface area contributed by atoms with Crippen LogP contribution in [-0.2, 0) is 6.54 Å². The van der Waals surface area contributed by atoms with Crippen LogP contribution in [0.1, 0.15) is 51.1 Å². The topological polar surface area (TPSA) is 24.9 Å². The maximum absolute atomic E-state index is 4.86. The lowest BCUT2D eigenvalue weighted by atomic mass is 10.1. The van der Waals surface area contributed by atoms with Crippen molar-refractivity contribution in [2.45, 2.75) is 52.6 Å². The maximum atomic E-state index is 4.86. The molecule has 0 saturated carbocycles. The highest BCUT2D eigenvalue weighted by Crippen LogP contribution is 2.36. The van der Waals surface area contributed by atoms with Gasteiger partial charge in [0.15, 0.2) is 0 Å². The van der Waals surface area contributed by atoms with Crippen molar-refractivity contribution >= 4 is 38.6 Å². The standard InChI is InChI=1S/C15H21BrN2S2/c1-9(2)13-12(7-17-15(3,4)5)20-14(18-13)11-6-10(16)8-19-11/h6,8-9,17H,7H2,1-5H3. The van der Waals surface area contributed by atoms with E-state index in [1.54, 1.807) is 11.3 Å². The van der Waals surface area contributed by atoms with Crippen molar-refractivity contribution in [1.29, 1.82) is 0 Å². The van der Waals surface area contributed by atoms with Crippen molar-refractivity contribution in [2.75, 3.05) is 0 Å². The Morgan fingerprint density at radius 2 is 2.05 bits per heavy atom. The molecule has 2 aromatic heterocycles. The molecule has 5 heteroatoms. The first-order valence-corrected chi connectivity index (χ1v) is 9.24. The number of nitrogens with zero attached hydrogens (tertiary/aromatic N) is 1. The van der Waals surface area contributed by atoms with Gasteiger partial charge in [0.25, 0.3) is 0 Å². The van der Waals surface area contributed by atoms with E-state index in [1.807, 2.05) is 11.3 Å². The fourth-order valence-corrected chi connectivity index (χ4v) is 4.46. The molecule has 2 aromatic rings. The maximum Gasteiger partial charge on any atom is 0.133 e. The Morgan fingerprint density at radius 3 is 2.55 bits per heavy atom. The predicted molar refractivity (Wildman–Crippen MR) is 93.8 cm³/mol. The average Bonchev–Trinajstić information content (AvgIpc) is 2.91. The highest BCUT2D eigenvalue weighted by atomic mass is 79.9. The molecule has 0 aliphatic carbocycles. The minimum atomic E-state index is 0.129. The first kappa shape index (κ1) is 16.1. The third-order valence-electron chi connectivity index (χ3n) is 2.83. The van der Waals surface area contributed by atoms with Crippen molar-refractivity contribution in [3.63, 3.8) is 0 Å². The Hall–Kier alpha value is -0.230. The second-order valence-corrected chi connectivity index (χ2v) is 9.13. The molecule has 0 atom stereocenters. The summed E-state index contributed by atoms with van der Waals surface area (Å²) in [6.07, 6.45) is 0. The fourth-order valence-electron chi connectivity index (χ4n) is 1.82. The summed E-state index contributed by atoms with van der Waals surface area (Å²) in [5.41, 5.74) is 1.36. The van der Waals surface area contributed by atoms with Crippen LogP contribution >= 0.6 is 38.6 Å². The Kier molecular flexibility index (Phi) is 5.05. The van der Waals surface area contributed by atoms with Gasteiger partial charge in [-0.15, -0.1) is 22.7 Å². The van der Waals surface area contributed by atoms with Gasteiger partial charge in [0.1, 0.15) is 5.01 Å². The van der Waals surface area contributed by atoms with Crippen LogP contribution in [0.25, 0.3) is 9.88 Å². The summed E-state index contributed by atoms with van der Waals surface area (Å²) in [5.74, 6) is 0.458. The quantitative estimate of drug-likeness (QED) is 0.750. The number of nitrogens with one attached hydrogen (secondary N) is 1. The number of aromatic nitrogens is 1. The lowest BCUT2D eigenvalue weighted by Crippen LogP contribution is -2.35. The molecule has 0 radical (unpaired) electrons. The summed E-state index contributed by atoms with van der Waals surface area (Å²) in [4.78, 5) is 7.46. The Morgan fingerprint density at radius 1 is 1.35 bits per heavy atom. The van der Waals surface area contributed by atoms with E-state index in [0.29, 0.717) is 5.92 Å². The van der Waals surface area contributed by atoms with Gasteiger partial charge in [0.2, 0.25) is 0 Å². The van der Waals surface area contributed by atoms with Crippen molar-refractivity contribution in [3.05, 3.63) is 26.5 Å². The zero-order valence-corrected chi connectivity index (χ0v) is 15.8. The third-order valence-corrected chi connectivity index (χ3v) is 5.76. The molecule has 2 heterocycles. The molecule has 2 rings (SSSR count). The van der Waals surface area contributed by atoms with Gasteiger partial charge in [-0.3, -0.25) is 0 Å². The van der Waals surface area contributed by atoms with E-state index in [4.69, 9.17) is 4.98 Å². The largest absolute Gasteiger partial charge is 0.307 e. The number of thiophene rings is 1. The summed E-state index contributed by atoms with van der Waals surface area (Å²) in [7, 11) is 0. The highest BCUT2D eigenvalue weighted by molar-refractivity contribution is 9.10. The number of hydrogen-bond donors (Lipinski definition) is 1. The molecule has 20 heavy (non-hydrogen) atoms. The van der Waals surface area contributed by atoms with E-state index in [9.17, 15) is 0 Å². The van der Waals surface area contributed by atoms with E-state index >= 15 is 0 Å². The van der Waals surface area contributed by atoms with Gasteiger partial charge >= 0.3 is 0 Å². The first-order valence-electron chi connectivity index (χ1n) is 6.75. The van der Waals surface area contributed by atoms with E-state index in [0.717, 1.165) is 16.0 Å². The van der Waals surface area contributed by atoms with Gasteiger partial charge < -0.3 is 5.32 Å². The van der Waals surface area contributed by atoms with E-state index in [-0.39, 0.29) is 5.54 Å². The number of rotatable bonds is 4. The monoisotopic (exact) mass is 372 g/mol. The first-order chi connectivity index (χ1) is 9.26. The van der Waals surface area contributed by atoms with Crippen LogP contribution in [0.3, 0.4) is 0 Å². The van der Waals surface area contributed by atoms with Crippen LogP contribution in [0.4, 0.5) is 0 Å². The second kappa shape index (κ2) is 6.26.